The van der Waals surface area contributed by atoms with Crippen LogP contribution in [-0.4, -0.2) is 81.3 Å². The van der Waals surface area contributed by atoms with E-state index in [0.717, 1.165) is 45.1 Å². The number of carbonyl (C=O) groups excluding carboxylic acids is 1. The number of carbonyl (C=O) groups is 1. The van der Waals surface area contributed by atoms with Gasteiger partial charge in [-0.1, -0.05) is 0 Å². The van der Waals surface area contributed by atoms with Gasteiger partial charge in [0.05, 0.1) is 19.3 Å². The second-order valence-corrected chi connectivity index (χ2v) is 6.88. The molecule has 1 amide bonds. The van der Waals surface area contributed by atoms with Gasteiger partial charge in [-0.2, -0.15) is 0 Å². The number of rotatable bonds is 5. The summed E-state index contributed by atoms with van der Waals surface area (Å²) in [7, 11) is 4.17. The average molecular weight is 332 g/mol. The van der Waals surface area contributed by atoms with Crippen molar-refractivity contribution in [3.8, 4) is 0 Å². The highest BCUT2D eigenvalue weighted by Gasteiger charge is 2.34. The van der Waals surface area contributed by atoms with E-state index >= 15 is 0 Å². The van der Waals surface area contributed by atoms with E-state index in [9.17, 15) is 4.79 Å². The summed E-state index contributed by atoms with van der Waals surface area (Å²) in [6.45, 7) is 7.29. The molecule has 2 fully saturated rings. The molecule has 1 atom stereocenters. The Labute approximate surface area is 144 Å². The van der Waals surface area contributed by atoms with Gasteiger partial charge in [0.1, 0.15) is 0 Å². The van der Waals surface area contributed by atoms with Gasteiger partial charge in [-0.3, -0.25) is 9.69 Å². The average Bonchev–Trinajstić information content (AvgIpc) is 2.54. The molecule has 0 bridgehead atoms. The van der Waals surface area contributed by atoms with E-state index in [-0.39, 0.29) is 11.9 Å². The van der Waals surface area contributed by atoms with Gasteiger partial charge in [0.25, 0.3) is 0 Å². The zero-order chi connectivity index (χ0) is 17.1. The summed E-state index contributed by atoms with van der Waals surface area (Å²) in [5, 5.41) is 3.03. The lowest BCUT2D eigenvalue weighted by atomic mass is 10.0. The minimum Gasteiger partial charge on any atom is -0.378 e. The molecule has 2 aliphatic rings. The predicted molar refractivity (Wildman–Crippen MR) is 96.6 cm³/mol. The van der Waals surface area contributed by atoms with Crippen molar-refractivity contribution in [1.29, 1.82) is 0 Å². The largest absolute Gasteiger partial charge is 0.378 e. The van der Waals surface area contributed by atoms with Gasteiger partial charge in [-0.15, -0.1) is 0 Å². The molecule has 1 unspecified atom stereocenters. The van der Waals surface area contributed by atoms with Crippen LogP contribution in [0.5, 0.6) is 0 Å². The van der Waals surface area contributed by atoms with Crippen molar-refractivity contribution < 1.29 is 9.53 Å². The topological polar surface area (TPSA) is 48.1 Å². The van der Waals surface area contributed by atoms with Crippen molar-refractivity contribution >= 4 is 17.3 Å². The highest BCUT2D eigenvalue weighted by atomic mass is 16.5. The first kappa shape index (κ1) is 17.2. The van der Waals surface area contributed by atoms with Crippen molar-refractivity contribution in [2.45, 2.75) is 19.0 Å². The van der Waals surface area contributed by atoms with Crippen LogP contribution >= 0.6 is 0 Å². The fourth-order valence-electron chi connectivity index (χ4n) is 3.12. The zero-order valence-electron chi connectivity index (χ0n) is 14.9. The molecule has 1 aromatic carbocycles. The van der Waals surface area contributed by atoms with Gasteiger partial charge in [0, 0.05) is 43.6 Å². The van der Waals surface area contributed by atoms with Gasteiger partial charge in [-0.25, -0.2) is 0 Å². The lowest BCUT2D eigenvalue weighted by molar-refractivity contribution is -0.123. The molecule has 6 heteroatoms. The van der Waals surface area contributed by atoms with Gasteiger partial charge in [-0.05, 0) is 45.3 Å². The third kappa shape index (κ3) is 3.88. The first-order valence-electron chi connectivity index (χ1n) is 8.68. The van der Waals surface area contributed by atoms with Crippen molar-refractivity contribution in [3.63, 3.8) is 0 Å². The fourth-order valence-corrected chi connectivity index (χ4v) is 3.12. The number of nitrogens with zero attached hydrogens (tertiary/aromatic N) is 3. The van der Waals surface area contributed by atoms with Crippen LogP contribution in [0.25, 0.3) is 0 Å². The van der Waals surface area contributed by atoms with Crippen LogP contribution in [0, 0.1) is 0 Å². The van der Waals surface area contributed by atoms with Gasteiger partial charge in [0.2, 0.25) is 5.91 Å². The molecule has 1 N–H and O–H groups in total. The quantitative estimate of drug-likeness (QED) is 0.875. The summed E-state index contributed by atoms with van der Waals surface area (Å²) in [6.07, 6.45) is 0. The fraction of sp³-hybridized carbons (Fsp3) is 0.611. The maximum atomic E-state index is 12.4. The minimum absolute atomic E-state index is 0.0614. The van der Waals surface area contributed by atoms with Crippen LogP contribution in [0.15, 0.2) is 24.3 Å². The third-order valence-corrected chi connectivity index (χ3v) is 5.06. The Morgan fingerprint density at radius 2 is 1.83 bits per heavy atom. The second kappa shape index (κ2) is 7.51. The molecule has 132 valence electrons. The number of nitrogens with one attached hydrogen (secondary N) is 1. The highest BCUT2D eigenvalue weighted by molar-refractivity contribution is 5.94. The number of likely N-dealkylation sites (tertiary alicyclic amines) is 1. The normalized spacial score (nSPS) is 20.8. The number of hydrogen-bond acceptors (Lipinski definition) is 5. The zero-order valence-corrected chi connectivity index (χ0v) is 14.9. The van der Waals surface area contributed by atoms with E-state index in [1.807, 2.05) is 19.1 Å². The Hall–Kier alpha value is -1.63. The van der Waals surface area contributed by atoms with Gasteiger partial charge in [0.15, 0.2) is 0 Å². The number of morpholine rings is 1. The van der Waals surface area contributed by atoms with Crippen molar-refractivity contribution in [2.24, 2.45) is 0 Å². The molecule has 0 spiro atoms. The van der Waals surface area contributed by atoms with Crippen LogP contribution in [0.3, 0.4) is 0 Å². The number of ether oxygens (including phenoxy) is 1. The van der Waals surface area contributed by atoms with Crippen molar-refractivity contribution in [3.05, 3.63) is 24.3 Å². The van der Waals surface area contributed by atoms with Crippen LogP contribution < -0.4 is 10.2 Å². The molecule has 1 aromatic rings. The maximum absolute atomic E-state index is 12.4. The van der Waals surface area contributed by atoms with Crippen LogP contribution in [0.4, 0.5) is 11.4 Å². The molecular formula is C18H28N4O2. The molecule has 0 saturated carbocycles. The van der Waals surface area contributed by atoms with Crippen molar-refractivity contribution in [2.75, 3.05) is 63.7 Å². The summed E-state index contributed by atoms with van der Waals surface area (Å²) >= 11 is 0. The van der Waals surface area contributed by atoms with E-state index in [4.69, 9.17) is 4.74 Å². The van der Waals surface area contributed by atoms with Gasteiger partial charge < -0.3 is 19.9 Å². The molecule has 0 radical (unpaired) electrons. The lowest BCUT2D eigenvalue weighted by Gasteiger charge is -2.45. The second-order valence-electron chi connectivity index (χ2n) is 6.88. The molecule has 0 aliphatic carbocycles. The van der Waals surface area contributed by atoms with E-state index in [0.29, 0.717) is 6.04 Å². The Bertz CT molecular complexity index is 549. The summed E-state index contributed by atoms with van der Waals surface area (Å²) in [5.41, 5.74) is 2.04. The summed E-state index contributed by atoms with van der Waals surface area (Å²) in [6, 6.07) is 8.56. The molecule has 2 heterocycles. The Kier molecular flexibility index (Phi) is 5.38. The van der Waals surface area contributed by atoms with Gasteiger partial charge >= 0.3 is 0 Å². The Morgan fingerprint density at radius 3 is 2.42 bits per heavy atom. The first-order chi connectivity index (χ1) is 11.5. The molecule has 24 heavy (non-hydrogen) atoms. The van der Waals surface area contributed by atoms with Crippen LogP contribution in [-0.2, 0) is 9.53 Å². The predicted octanol–water partition coefficient (Wildman–Crippen LogP) is 1.10. The van der Waals surface area contributed by atoms with Crippen molar-refractivity contribution in [1.82, 2.24) is 9.80 Å². The first-order valence-corrected chi connectivity index (χ1v) is 8.68. The Morgan fingerprint density at radius 1 is 1.21 bits per heavy atom. The summed E-state index contributed by atoms with van der Waals surface area (Å²) < 4.78 is 5.38. The maximum Gasteiger partial charge on any atom is 0.241 e. The van der Waals surface area contributed by atoms with E-state index in [1.165, 1.54) is 5.69 Å². The van der Waals surface area contributed by atoms with Crippen LogP contribution in [0.2, 0.25) is 0 Å². The molecular weight excluding hydrogens is 304 g/mol. The standard InChI is InChI=1S/C18H28N4O2/c1-14(22-12-17(13-22)20(2)3)18(23)19-15-4-6-16(7-5-15)21-8-10-24-11-9-21/h4-7,14,17H,8-13H2,1-3H3,(H,19,23). The molecule has 2 aliphatic heterocycles. The number of likely N-dealkylation sites (N-methyl/N-ethyl adjacent to an activating group) is 1. The molecule has 0 aromatic heterocycles. The Balaban J connectivity index is 1.51. The SMILES string of the molecule is CC(C(=O)Nc1ccc(N2CCOCC2)cc1)N1CC(N(C)C)C1. The monoisotopic (exact) mass is 332 g/mol. The molecule has 2 saturated heterocycles. The van der Waals surface area contributed by atoms with Crippen LogP contribution in [0.1, 0.15) is 6.92 Å². The van der Waals surface area contributed by atoms with E-state index in [2.05, 4.69) is 46.2 Å². The number of benzene rings is 1. The number of amides is 1. The van der Waals surface area contributed by atoms with E-state index in [1.54, 1.807) is 0 Å². The third-order valence-electron chi connectivity index (χ3n) is 5.06. The number of anilines is 2. The molecule has 3 rings (SSSR count). The van der Waals surface area contributed by atoms with E-state index < -0.39 is 0 Å². The summed E-state index contributed by atoms with van der Waals surface area (Å²) in [4.78, 5) is 19.1. The lowest BCUT2D eigenvalue weighted by Crippen LogP contribution is -2.62. The minimum atomic E-state index is -0.0971. The summed E-state index contributed by atoms with van der Waals surface area (Å²) in [5.74, 6) is 0.0614. The highest BCUT2D eigenvalue weighted by Crippen LogP contribution is 2.20. The molecule has 6 nitrogen and oxygen atoms in total. The number of hydrogen-bond donors (Lipinski definition) is 1. The smallest absolute Gasteiger partial charge is 0.241 e.